The van der Waals surface area contributed by atoms with Crippen LogP contribution in [-0.4, -0.2) is 20.7 Å². The molecule has 2 heterocycles. The maximum Gasteiger partial charge on any atom is 0.252 e. The lowest BCUT2D eigenvalue weighted by Gasteiger charge is -2.19. The maximum atomic E-state index is 13.0. The van der Waals surface area contributed by atoms with Gasteiger partial charge in [-0.2, -0.15) is 5.10 Å². The van der Waals surface area contributed by atoms with Crippen molar-refractivity contribution in [2.24, 2.45) is 0 Å². The molecule has 2 aromatic carbocycles. The second kappa shape index (κ2) is 9.50. The zero-order valence-electron chi connectivity index (χ0n) is 16.9. The summed E-state index contributed by atoms with van der Waals surface area (Å²) in [4.78, 5) is 18.1. The van der Waals surface area contributed by atoms with E-state index in [0.29, 0.717) is 12.1 Å². The van der Waals surface area contributed by atoms with Gasteiger partial charge in [0.15, 0.2) is 0 Å². The van der Waals surface area contributed by atoms with Crippen molar-refractivity contribution in [1.29, 1.82) is 0 Å². The van der Waals surface area contributed by atoms with Gasteiger partial charge in [-0.3, -0.25) is 4.79 Å². The third-order valence-electron chi connectivity index (χ3n) is 4.98. The lowest BCUT2D eigenvalue weighted by molar-refractivity contribution is 0.0943. The minimum atomic E-state index is -0.164. The minimum Gasteiger partial charge on any atom is -0.340 e. The van der Waals surface area contributed by atoms with Crippen LogP contribution in [0, 0.1) is 0 Å². The van der Waals surface area contributed by atoms with E-state index in [1.165, 1.54) is 11.9 Å². The van der Waals surface area contributed by atoms with Crippen molar-refractivity contribution in [3.63, 3.8) is 0 Å². The highest BCUT2D eigenvalue weighted by atomic mass is 32.1. The number of aryl methyl sites for hydroxylation is 1. The summed E-state index contributed by atoms with van der Waals surface area (Å²) >= 11 is 1.65. The van der Waals surface area contributed by atoms with Crippen LogP contribution >= 0.6 is 11.3 Å². The number of carbonyl (C=O) groups excluding carboxylic acids is 1. The second-order valence-corrected chi connectivity index (χ2v) is 8.18. The van der Waals surface area contributed by atoms with Crippen molar-refractivity contribution < 1.29 is 4.79 Å². The molecule has 0 aliphatic rings. The van der Waals surface area contributed by atoms with Gasteiger partial charge < -0.3 is 5.32 Å². The van der Waals surface area contributed by atoms with E-state index < -0.39 is 0 Å². The zero-order valence-corrected chi connectivity index (χ0v) is 17.7. The van der Waals surface area contributed by atoms with Crippen LogP contribution in [0.5, 0.6) is 0 Å². The van der Waals surface area contributed by atoms with Gasteiger partial charge in [-0.15, -0.1) is 11.3 Å². The third-order valence-corrected chi connectivity index (χ3v) is 5.92. The first kappa shape index (κ1) is 20.0. The number of hydrogen-bond donors (Lipinski definition) is 1. The molecule has 1 N–H and O–H groups in total. The highest BCUT2D eigenvalue weighted by Crippen LogP contribution is 2.27. The summed E-state index contributed by atoms with van der Waals surface area (Å²) in [6.07, 6.45) is 5.38. The van der Waals surface area contributed by atoms with Crippen LogP contribution < -0.4 is 5.32 Å². The smallest absolute Gasteiger partial charge is 0.252 e. The van der Waals surface area contributed by atoms with Crippen LogP contribution in [0.25, 0.3) is 0 Å². The Bertz CT molecular complexity index is 1060. The van der Waals surface area contributed by atoms with Crippen LogP contribution in [-0.2, 0) is 13.0 Å². The van der Waals surface area contributed by atoms with E-state index in [0.717, 1.165) is 28.8 Å². The number of rotatable bonds is 8. The number of nitrogens with one attached hydrogen (secondary N) is 1. The largest absolute Gasteiger partial charge is 0.340 e. The van der Waals surface area contributed by atoms with Crippen molar-refractivity contribution >= 4 is 17.2 Å². The Morgan fingerprint density at radius 2 is 1.83 bits per heavy atom. The van der Waals surface area contributed by atoms with Gasteiger partial charge >= 0.3 is 0 Å². The molecule has 6 heteroatoms. The van der Waals surface area contributed by atoms with Crippen LogP contribution in [0.2, 0.25) is 0 Å². The van der Waals surface area contributed by atoms with Gasteiger partial charge in [0, 0.05) is 10.4 Å². The number of nitrogens with zero attached hydrogens (tertiary/aromatic N) is 3. The van der Waals surface area contributed by atoms with E-state index in [1.807, 2.05) is 35.7 Å². The molecule has 1 unspecified atom stereocenters. The van der Waals surface area contributed by atoms with Gasteiger partial charge in [-0.05, 0) is 46.7 Å². The Labute approximate surface area is 180 Å². The molecule has 4 rings (SSSR count). The first-order valence-electron chi connectivity index (χ1n) is 10.1. The van der Waals surface area contributed by atoms with Gasteiger partial charge in [0.2, 0.25) is 0 Å². The van der Waals surface area contributed by atoms with Crippen molar-refractivity contribution in [3.8, 4) is 0 Å². The molecule has 1 atom stereocenters. The summed E-state index contributed by atoms with van der Waals surface area (Å²) in [6.45, 7) is 2.81. The number of hydrogen-bond acceptors (Lipinski definition) is 4. The highest BCUT2D eigenvalue weighted by molar-refractivity contribution is 7.10. The Morgan fingerprint density at radius 3 is 2.47 bits per heavy atom. The minimum absolute atomic E-state index is 0.0849. The van der Waals surface area contributed by atoms with E-state index >= 15 is 0 Å². The van der Waals surface area contributed by atoms with Crippen molar-refractivity contribution in [3.05, 3.63) is 106 Å². The number of amides is 1. The molecular weight excluding hydrogens is 392 g/mol. The molecule has 2 aromatic heterocycles. The van der Waals surface area contributed by atoms with E-state index in [4.69, 9.17) is 0 Å². The van der Waals surface area contributed by atoms with E-state index in [1.54, 1.807) is 22.3 Å². The van der Waals surface area contributed by atoms with Gasteiger partial charge in [-0.25, -0.2) is 9.67 Å². The first-order chi connectivity index (χ1) is 14.7. The predicted molar refractivity (Wildman–Crippen MR) is 120 cm³/mol. The van der Waals surface area contributed by atoms with Gasteiger partial charge in [0.1, 0.15) is 12.7 Å². The predicted octanol–water partition coefficient (Wildman–Crippen LogP) is 4.86. The Kier molecular flexibility index (Phi) is 6.35. The normalized spacial score (nSPS) is 11.9. The van der Waals surface area contributed by atoms with Crippen LogP contribution in [0.3, 0.4) is 0 Å². The zero-order chi connectivity index (χ0) is 20.8. The van der Waals surface area contributed by atoms with E-state index in [9.17, 15) is 4.79 Å². The molecule has 0 saturated carbocycles. The number of aromatic nitrogens is 3. The number of benzene rings is 2. The van der Waals surface area contributed by atoms with Crippen LogP contribution in [0.4, 0.5) is 0 Å². The van der Waals surface area contributed by atoms with E-state index in [2.05, 4.69) is 52.7 Å². The fraction of sp³-hybridized carbons (Fsp3) is 0.208. The van der Waals surface area contributed by atoms with Gasteiger partial charge in [-0.1, -0.05) is 55.8 Å². The van der Waals surface area contributed by atoms with Crippen molar-refractivity contribution in [2.45, 2.75) is 32.4 Å². The summed E-state index contributed by atoms with van der Waals surface area (Å²) in [5, 5.41) is 9.37. The third kappa shape index (κ3) is 4.83. The number of carbonyl (C=O) groups is 1. The lowest BCUT2D eigenvalue weighted by Crippen LogP contribution is -2.28. The standard InChI is InChI=1S/C24H24N4OS/c1-2-4-18-6-10-20(11-7-18)23(22-5-3-14-30-22)27-24(29)21-12-8-19(9-13-21)15-28-17-25-16-26-28/h3,5-14,16-17,23H,2,4,15H2,1H3,(H,27,29). The first-order valence-corrected chi connectivity index (χ1v) is 11.0. The van der Waals surface area contributed by atoms with Gasteiger partial charge in [0.05, 0.1) is 12.6 Å². The Morgan fingerprint density at radius 1 is 1.07 bits per heavy atom. The maximum absolute atomic E-state index is 13.0. The molecule has 1 amide bonds. The monoisotopic (exact) mass is 416 g/mol. The Hall–Kier alpha value is -3.25. The van der Waals surface area contributed by atoms with E-state index in [-0.39, 0.29) is 11.9 Å². The summed E-state index contributed by atoms with van der Waals surface area (Å²) < 4.78 is 1.75. The van der Waals surface area contributed by atoms with Crippen molar-refractivity contribution in [2.75, 3.05) is 0 Å². The number of thiophene rings is 1. The molecule has 4 aromatic rings. The molecule has 0 aliphatic heterocycles. The molecule has 0 bridgehead atoms. The summed E-state index contributed by atoms with van der Waals surface area (Å²) in [7, 11) is 0. The Balaban J connectivity index is 1.50. The summed E-state index contributed by atoms with van der Waals surface area (Å²) in [6, 6.07) is 20.1. The fourth-order valence-corrected chi connectivity index (χ4v) is 4.22. The second-order valence-electron chi connectivity index (χ2n) is 7.20. The summed E-state index contributed by atoms with van der Waals surface area (Å²) in [5.74, 6) is -0.0849. The molecule has 0 aliphatic carbocycles. The topological polar surface area (TPSA) is 59.8 Å². The van der Waals surface area contributed by atoms with Gasteiger partial charge in [0.25, 0.3) is 5.91 Å². The molecule has 0 saturated heterocycles. The molecule has 5 nitrogen and oxygen atoms in total. The molecule has 0 fully saturated rings. The van der Waals surface area contributed by atoms with Crippen LogP contribution in [0.1, 0.15) is 51.3 Å². The molecule has 152 valence electrons. The lowest BCUT2D eigenvalue weighted by atomic mass is 10.0. The van der Waals surface area contributed by atoms with Crippen molar-refractivity contribution in [1.82, 2.24) is 20.1 Å². The summed E-state index contributed by atoms with van der Waals surface area (Å²) in [5.41, 5.74) is 4.12. The molecular formula is C24H24N4OS. The molecule has 0 spiro atoms. The van der Waals surface area contributed by atoms with Crippen LogP contribution in [0.15, 0.2) is 78.7 Å². The average molecular weight is 417 g/mol. The quantitative estimate of drug-likeness (QED) is 0.446. The fourth-order valence-electron chi connectivity index (χ4n) is 3.42. The SMILES string of the molecule is CCCc1ccc(C(NC(=O)c2ccc(Cn3cncn3)cc2)c2cccs2)cc1. The highest BCUT2D eigenvalue weighted by Gasteiger charge is 2.19. The average Bonchev–Trinajstić information content (AvgIpc) is 3.48. The molecule has 30 heavy (non-hydrogen) atoms. The molecule has 0 radical (unpaired) electrons.